The molecule has 0 fully saturated rings. The Morgan fingerprint density at radius 3 is 2.88 bits per heavy atom. The molecule has 17 heavy (non-hydrogen) atoms. The van der Waals surface area contributed by atoms with Gasteiger partial charge in [0.2, 0.25) is 0 Å². The van der Waals surface area contributed by atoms with Crippen LogP contribution in [-0.2, 0) is 16.6 Å². The lowest BCUT2D eigenvalue weighted by Crippen LogP contribution is -2.13. The van der Waals surface area contributed by atoms with Gasteiger partial charge in [-0.25, -0.2) is 4.79 Å². The van der Waals surface area contributed by atoms with E-state index < -0.39 is 12.1 Å². The molecule has 1 N–H and O–H groups in total. The number of rotatable bonds is 2. The first-order valence-electron chi connectivity index (χ1n) is 5.05. The summed E-state index contributed by atoms with van der Waals surface area (Å²) in [7, 11) is 3.19. The molecule has 0 aliphatic rings. The quantitative estimate of drug-likeness (QED) is 0.864. The van der Waals surface area contributed by atoms with Crippen LogP contribution >= 0.6 is 15.9 Å². The number of aliphatic hydroxyl groups is 1. The molecular formula is C12H12BrNO3. The van der Waals surface area contributed by atoms with Crippen LogP contribution in [-0.4, -0.2) is 22.8 Å². The van der Waals surface area contributed by atoms with Crippen molar-refractivity contribution in [2.24, 2.45) is 7.05 Å². The number of ether oxygens (including phenoxy) is 1. The van der Waals surface area contributed by atoms with Crippen molar-refractivity contribution in [3.63, 3.8) is 0 Å². The molecule has 1 aromatic carbocycles. The second-order valence-corrected chi connectivity index (χ2v) is 4.64. The van der Waals surface area contributed by atoms with Crippen LogP contribution in [0, 0.1) is 0 Å². The van der Waals surface area contributed by atoms with Gasteiger partial charge in [-0.15, -0.1) is 0 Å². The zero-order chi connectivity index (χ0) is 12.6. The highest BCUT2D eigenvalue weighted by Gasteiger charge is 2.18. The number of carbonyl (C=O) groups excluding carboxylic acids is 1. The Labute approximate surface area is 107 Å². The van der Waals surface area contributed by atoms with Gasteiger partial charge >= 0.3 is 5.97 Å². The molecule has 2 rings (SSSR count). The van der Waals surface area contributed by atoms with Gasteiger partial charge in [-0.05, 0) is 33.6 Å². The van der Waals surface area contributed by atoms with Gasteiger partial charge in [0, 0.05) is 28.6 Å². The van der Waals surface area contributed by atoms with Gasteiger partial charge in [-0.3, -0.25) is 0 Å². The summed E-state index contributed by atoms with van der Waals surface area (Å²) in [5.41, 5.74) is 1.55. The molecule has 0 amide bonds. The lowest BCUT2D eigenvalue weighted by Gasteiger charge is -2.08. The number of aliphatic hydroxyl groups excluding tert-OH is 1. The number of halogens is 1. The van der Waals surface area contributed by atoms with Crippen LogP contribution in [0.1, 0.15) is 11.7 Å². The van der Waals surface area contributed by atoms with Crippen LogP contribution in [0.5, 0.6) is 0 Å². The second-order valence-electron chi connectivity index (χ2n) is 3.79. The summed E-state index contributed by atoms with van der Waals surface area (Å²) in [4.78, 5) is 11.2. The average molecular weight is 298 g/mol. The smallest absolute Gasteiger partial charge is 0.339 e. The van der Waals surface area contributed by atoms with Crippen molar-refractivity contribution in [1.29, 1.82) is 0 Å². The molecule has 0 saturated carbocycles. The molecule has 90 valence electrons. The number of benzene rings is 1. The van der Waals surface area contributed by atoms with E-state index in [1.54, 1.807) is 12.1 Å². The monoisotopic (exact) mass is 297 g/mol. The molecule has 1 heterocycles. The van der Waals surface area contributed by atoms with E-state index in [4.69, 9.17) is 0 Å². The maximum absolute atomic E-state index is 11.2. The largest absolute Gasteiger partial charge is 0.467 e. The minimum absolute atomic E-state index is 0.524. The van der Waals surface area contributed by atoms with E-state index in [9.17, 15) is 9.90 Å². The van der Waals surface area contributed by atoms with Gasteiger partial charge in [-0.1, -0.05) is 6.07 Å². The Morgan fingerprint density at radius 1 is 1.53 bits per heavy atom. The van der Waals surface area contributed by atoms with Crippen LogP contribution in [0.3, 0.4) is 0 Å². The van der Waals surface area contributed by atoms with Gasteiger partial charge in [0.15, 0.2) is 6.10 Å². The molecule has 0 saturated heterocycles. The molecule has 4 nitrogen and oxygen atoms in total. The zero-order valence-electron chi connectivity index (χ0n) is 9.48. The third-order valence-corrected chi connectivity index (χ3v) is 3.34. The van der Waals surface area contributed by atoms with E-state index in [0.29, 0.717) is 5.56 Å². The normalized spacial score (nSPS) is 12.7. The van der Waals surface area contributed by atoms with Crippen molar-refractivity contribution < 1.29 is 14.6 Å². The number of hydrogen-bond acceptors (Lipinski definition) is 3. The molecular weight excluding hydrogens is 286 g/mol. The van der Waals surface area contributed by atoms with E-state index in [2.05, 4.69) is 20.7 Å². The maximum Gasteiger partial charge on any atom is 0.339 e. The zero-order valence-corrected chi connectivity index (χ0v) is 11.1. The molecule has 5 heteroatoms. The number of aromatic nitrogens is 1. The predicted octanol–water partition coefficient (Wildman–Crippen LogP) is 2.15. The fraction of sp³-hybridized carbons (Fsp3) is 0.250. The highest BCUT2D eigenvalue weighted by molar-refractivity contribution is 9.10. The summed E-state index contributed by atoms with van der Waals surface area (Å²) in [6.07, 6.45) is 0.690. The van der Waals surface area contributed by atoms with Crippen molar-refractivity contribution in [2.75, 3.05) is 7.11 Å². The molecule has 0 spiro atoms. The van der Waals surface area contributed by atoms with Crippen LogP contribution in [0.2, 0.25) is 0 Å². The fourth-order valence-electron chi connectivity index (χ4n) is 1.78. The van der Waals surface area contributed by atoms with Crippen LogP contribution in [0.4, 0.5) is 0 Å². The number of carbonyl (C=O) groups is 1. The first-order valence-corrected chi connectivity index (χ1v) is 5.84. The Hall–Kier alpha value is -1.33. The number of methoxy groups -OCH3 is 1. The molecule has 0 bridgehead atoms. The van der Waals surface area contributed by atoms with Crippen molar-refractivity contribution in [2.45, 2.75) is 6.10 Å². The van der Waals surface area contributed by atoms with Gasteiger partial charge in [0.05, 0.1) is 7.11 Å². The number of aryl methyl sites for hydroxylation is 1. The van der Waals surface area contributed by atoms with E-state index in [0.717, 1.165) is 15.4 Å². The van der Waals surface area contributed by atoms with E-state index in [1.807, 2.05) is 23.9 Å². The summed E-state index contributed by atoms with van der Waals surface area (Å²) in [5, 5.41) is 10.7. The minimum Gasteiger partial charge on any atom is -0.467 e. The Balaban J connectivity index is 2.51. The summed E-state index contributed by atoms with van der Waals surface area (Å²) in [5.74, 6) is -0.656. The summed E-state index contributed by atoms with van der Waals surface area (Å²) in [6, 6.07) is 5.36. The third kappa shape index (κ3) is 2.08. The van der Waals surface area contributed by atoms with Crippen molar-refractivity contribution in [1.82, 2.24) is 4.57 Å². The number of esters is 1. The molecule has 0 aliphatic carbocycles. The summed E-state index contributed by atoms with van der Waals surface area (Å²) in [6.45, 7) is 0. The van der Waals surface area contributed by atoms with E-state index in [-0.39, 0.29) is 0 Å². The van der Waals surface area contributed by atoms with E-state index in [1.165, 1.54) is 7.11 Å². The standard InChI is InChI=1S/C12H12BrNO3/c1-14-6-9(13)8-5-7(3-4-10(8)14)11(15)12(16)17-2/h3-6,11,15H,1-2H3. The third-order valence-electron chi connectivity index (χ3n) is 2.71. The Bertz CT molecular complexity index is 576. The number of nitrogens with zero attached hydrogens (tertiary/aromatic N) is 1. The average Bonchev–Trinajstić information content (AvgIpc) is 2.62. The second kappa shape index (κ2) is 4.50. The first-order chi connectivity index (χ1) is 8.04. The summed E-state index contributed by atoms with van der Waals surface area (Å²) >= 11 is 3.44. The number of fused-ring (bicyclic) bond motifs is 1. The maximum atomic E-state index is 11.2. The molecule has 0 aliphatic heterocycles. The first kappa shape index (κ1) is 12.1. The van der Waals surface area contributed by atoms with Crippen molar-refractivity contribution >= 4 is 32.8 Å². The van der Waals surface area contributed by atoms with Crippen molar-refractivity contribution in [3.8, 4) is 0 Å². The van der Waals surface area contributed by atoms with Crippen LogP contribution in [0.15, 0.2) is 28.9 Å². The lowest BCUT2D eigenvalue weighted by atomic mass is 10.1. The van der Waals surface area contributed by atoms with Gasteiger partial charge < -0.3 is 14.4 Å². The molecule has 1 atom stereocenters. The summed E-state index contributed by atoms with van der Waals surface area (Å²) < 4.78 is 7.40. The SMILES string of the molecule is COC(=O)C(O)c1ccc2c(c1)c(Br)cn2C. The van der Waals surface area contributed by atoms with Gasteiger partial charge in [0.25, 0.3) is 0 Å². The van der Waals surface area contributed by atoms with Crippen molar-refractivity contribution in [3.05, 3.63) is 34.4 Å². The highest BCUT2D eigenvalue weighted by Crippen LogP contribution is 2.28. The lowest BCUT2D eigenvalue weighted by molar-refractivity contribution is -0.150. The van der Waals surface area contributed by atoms with Gasteiger partial charge in [0.1, 0.15) is 0 Å². The molecule has 0 radical (unpaired) electrons. The molecule has 1 aromatic heterocycles. The molecule has 1 unspecified atom stereocenters. The van der Waals surface area contributed by atoms with E-state index >= 15 is 0 Å². The molecule has 2 aromatic rings. The fourth-order valence-corrected chi connectivity index (χ4v) is 2.40. The minimum atomic E-state index is -1.24. The number of hydrogen-bond donors (Lipinski definition) is 1. The Kier molecular flexibility index (Phi) is 3.22. The topological polar surface area (TPSA) is 51.5 Å². The van der Waals surface area contributed by atoms with Gasteiger partial charge in [-0.2, -0.15) is 0 Å². The highest BCUT2D eigenvalue weighted by atomic mass is 79.9. The predicted molar refractivity (Wildman–Crippen MR) is 67.6 cm³/mol. The van der Waals surface area contributed by atoms with Crippen LogP contribution < -0.4 is 0 Å². The van der Waals surface area contributed by atoms with Crippen LogP contribution in [0.25, 0.3) is 10.9 Å². The Morgan fingerprint density at radius 2 is 2.24 bits per heavy atom.